The van der Waals surface area contributed by atoms with E-state index >= 15 is 0 Å². The van der Waals surface area contributed by atoms with E-state index in [1.54, 1.807) is 6.07 Å². The normalized spacial score (nSPS) is 12.5. The fourth-order valence-corrected chi connectivity index (χ4v) is 7.66. The van der Waals surface area contributed by atoms with Crippen LogP contribution in [0.5, 0.6) is 0 Å². The minimum Gasteiger partial charge on any atom is -0.236 e. The fraction of sp³-hybridized carbons (Fsp3) is 0. The van der Waals surface area contributed by atoms with Crippen LogP contribution in [0.1, 0.15) is 0 Å². The van der Waals surface area contributed by atoms with E-state index in [2.05, 4.69) is 66.7 Å². The number of hydrogen-bond acceptors (Lipinski definition) is 4. The number of halogens is 1. The maximum absolute atomic E-state index is 14.2. The molecule has 1 aromatic heterocycles. The first-order valence-corrected chi connectivity index (χ1v) is 14.3. The van der Waals surface area contributed by atoms with Crippen molar-refractivity contribution in [2.24, 2.45) is 0 Å². The summed E-state index contributed by atoms with van der Waals surface area (Å²) in [5, 5.41) is 6.30. The molecule has 0 bridgehead atoms. The molecule has 0 atom stereocenters. The Hall–Kier alpha value is -4.19. The molecule has 0 unspecified atom stereocenters. The van der Waals surface area contributed by atoms with Gasteiger partial charge in [0.1, 0.15) is 5.82 Å². The third kappa shape index (κ3) is 3.81. The average molecular weight is 539 g/mol. The van der Waals surface area contributed by atoms with Gasteiger partial charge in [0, 0.05) is 43.1 Å². The van der Waals surface area contributed by atoms with Crippen molar-refractivity contribution < 1.29 is 4.39 Å². The van der Waals surface area contributed by atoms with Crippen molar-refractivity contribution in [2.45, 2.75) is 19.6 Å². The Morgan fingerprint density at radius 1 is 0.436 bits per heavy atom. The summed E-state index contributed by atoms with van der Waals surface area (Å²) in [7, 11) is 0. The number of nitrogens with zero attached hydrogens (tertiary/aromatic N) is 2. The number of hydrogen-bond donors (Lipinski definition) is 0. The largest absolute Gasteiger partial charge is 0.236 e. The van der Waals surface area contributed by atoms with Gasteiger partial charge in [0.25, 0.3) is 0 Å². The summed E-state index contributed by atoms with van der Waals surface area (Å²) in [5.41, 5.74) is 3.02. The van der Waals surface area contributed by atoms with Gasteiger partial charge in [0.15, 0.2) is 5.82 Å². The summed E-state index contributed by atoms with van der Waals surface area (Å²) in [6.07, 6.45) is 3.80. The SMILES string of the molecule is Fc1ccc2c3ccccc3c3cc(-c4ncc(-c5ccc6c(c5)Sc5ccccc5S6)cn4)ccc3c2c1. The maximum atomic E-state index is 14.2. The third-order valence-corrected chi connectivity index (χ3v) is 9.82. The second-order valence-corrected chi connectivity index (χ2v) is 11.8. The molecule has 6 aromatic carbocycles. The van der Waals surface area contributed by atoms with Crippen molar-refractivity contribution in [3.63, 3.8) is 0 Å². The van der Waals surface area contributed by atoms with Crippen molar-refractivity contribution in [3.8, 4) is 22.5 Å². The van der Waals surface area contributed by atoms with Crippen LogP contribution in [-0.4, -0.2) is 9.97 Å². The lowest BCUT2D eigenvalue weighted by molar-refractivity contribution is 0.630. The topological polar surface area (TPSA) is 25.8 Å². The molecular formula is C34H19FN2S2. The zero-order valence-electron chi connectivity index (χ0n) is 20.6. The van der Waals surface area contributed by atoms with Crippen LogP contribution >= 0.6 is 23.5 Å². The molecule has 39 heavy (non-hydrogen) atoms. The lowest BCUT2D eigenvalue weighted by Gasteiger charge is -2.18. The minimum absolute atomic E-state index is 0.231. The molecule has 8 rings (SSSR count). The van der Waals surface area contributed by atoms with E-state index in [4.69, 9.17) is 9.97 Å². The fourth-order valence-electron chi connectivity index (χ4n) is 5.40. The van der Waals surface area contributed by atoms with Crippen LogP contribution in [0.2, 0.25) is 0 Å². The molecule has 7 aromatic rings. The van der Waals surface area contributed by atoms with Gasteiger partial charge < -0.3 is 0 Å². The van der Waals surface area contributed by atoms with Gasteiger partial charge in [-0.15, -0.1) is 0 Å². The first kappa shape index (κ1) is 22.8. The molecule has 0 spiro atoms. The van der Waals surface area contributed by atoms with Crippen LogP contribution in [0, 0.1) is 5.82 Å². The maximum Gasteiger partial charge on any atom is 0.159 e. The Labute approximate surface area is 232 Å². The standard InChI is InChI=1S/C34H19FN2S2/c35-23-11-13-26-24-5-1-2-6-25(24)28-15-21(9-12-27(28)29(26)17-23)34-36-18-22(19-37-34)20-10-14-32-33(16-20)39-31-8-4-3-7-30(31)38-32/h1-19H. The lowest BCUT2D eigenvalue weighted by atomic mass is 9.93. The van der Waals surface area contributed by atoms with Gasteiger partial charge in [-0.3, -0.25) is 0 Å². The van der Waals surface area contributed by atoms with Crippen molar-refractivity contribution >= 4 is 55.8 Å². The van der Waals surface area contributed by atoms with Crippen molar-refractivity contribution in [1.29, 1.82) is 0 Å². The molecule has 184 valence electrons. The number of benzene rings is 6. The molecule has 0 saturated heterocycles. The predicted octanol–water partition coefficient (Wildman–Crippen LogP) is 10.0. The minimum atomic E-state index is -0.231. The highest BCUT2D eigenvalue weighted by molar-refractivity contribution is 8.05. The van der Waals surface area contributed by atoms with Gasteiger partial charge in [-0.2, -0.15) is 0 Å². The molecule has 2 nitrogen and oxygen atoms in total. The monoisotopic (exact) mass is 538 g/mol. The Kier molecular flexibility index (Phi) is 5.22. The molecule has 1 aliphatic heterocycles. The molecule has 0 fully saturated rings. The molecule has 0 radical (unpaired) electrons. The van der Waals surface area contributed by atoms with E-state index < -0.39 is 0 Å². The number of rotatable bonds is 2. The van der Waals surface area contributed by atoms with E-state index in [1.165, 1.54) is 25.6 Å². The highest BCUT2D eigenvalue weighted by atomic mass is 32.2. The van der Waals surface area contributed by atoms with Crippen molar-refractivity contribution in [2.75, 3.05) is 0 Å². The zero-order valence-corrected chi connectivity index (χ0v) is 22.2. The van der Waals surface area contributed by atoms with Crippen molar-refractivity contribution in [1.82, 2.24) is 9.97 Å². The van der Waals surface area contributed by atoms with Crippen molar-refractivity contribution in [3.05, 3.63) is 121 Å². The quantitative estimate of drug-likeness (QED) is 0.205. The van der Waals surface area contributed by atoms with Crippen LogP contribution in [0.3, 0.4) is 0 Å². The summed E-state index contributed by atoms with van der Waals surface area (Å²) in [6, 6.07) is 34.6. The summed E-state index contributed by atoms with van der Waals surface area (Å²) in [6.45, 7) is 0. The molecule has 1 aliphatic rings. The van der Waals surface area contributed by atoms with Gasteiger partial charge in [-0.1, -0.05) is 84.2 Å². The summed E-state index contributed by atoms with van der Waals surface area (Å²) < 4.78 is 14.2. The Morgan fingerprint density at radius 3 is 1.79 bits per heavy atom. The number of fused-ring (bicyclic) bond motifs is 8. The number of aromatic nitrogens is 2. The van der Waals surface area contributed by atoms with E-state index in [-0.39, 0.29) is 5.82 Å². The van der Waals surface area contributed by atoms with Crippen LogP contribution < -0.4 is 0 Å². The second-order valence-electron chi connectivity index (χ2n) is 9.60. The highest BCUT2D eigenvalue weighted by Gasteiger charge is 2.17. The van der Waals surface area contributed by atoms with Crippen LogP contribution in [0.15, 0.2) is 135 Å². The Morgan fingerprint density at radius 2 is 1.00 bits per heavy atom. The molecule has 0 N–H and O–H groups in total. The molecule has 2 heterocycles. The van der Waals surface area contributed by atoms with Gasteiger partial charge in [0.2, 0.25) is 0 Å². The van der Waals surface area contributed by atoms with Crippen LogP contribution in [0.4, 0.5) is 4.39 Å². The van der Waals surface area contributed by atoms with Gasteiger partial charge in [-0.05, 0) is 80.3 Å². The van der Waals surface area contributed by atoms with E-state index in [0.29, 0.717) is 5.82 Å². The Balaban J connectivity index is 1.19. The molecule has 0 amide bonds. The third-order valence-electron chi connectivity index (χ3n) is 7.27. The molecule has 0 aliphatic carbocycles. The Bertz CT molecular complexity index is 2090. The predicted molar refractivity (Wildman–Crippen MR) is 160 cm³/mol. The van der Waals surface area contributed by atoms with E-state index in [1.807, 2.05) is 60.2 Å². The van der Waals surface area contributed by atoms with Gasteiger partial charge in [0.05, 0.1) is 0 Å². The zero-order chi connectivity index (χ0) is 25.9. The van der Waals surface area contributed by atoms with Gasteiger partial charge in [-0.25, -0.2) is 14.4 Å². The average Bonchev–Trinajstić information content (AvgIpc) is 2.99. The summed E-state index contributed by atoms with van der Waals surface area (Å²) in [5.74, 6) is 0.436. The molecular weight excluding hydrogens is 520 g/mol. The van der Waals surface area contributed by atoms with Crippen LogP contribution in [-0.2, 0) is 0 Å². The highest BCUT2D eigenvalue weighted by Crippen LogP contribution is 2.49. The first-order chi connectivity index (χ1) is 19.2. The van der Waals surface area contributed by atoms with Crippen LogP contribution in [0.25, 0.3) is 54.8 Å². The summed E-state index contributed by atoms with van der Waals surface area (Å²) >= 11 is 3.63. The van der Waals surface area contributed by atoms with E-state index in [0.717, 1.165) is 49.0 Å². The molecule has 0 saturated carbocycles. The second kappa shape index (κ2) is 8.94. The van der Waals surface area contributed by atoms with E-state index in [9.17, 15) is 4.39 Å². The van der Waals surface area contributed by atoms with Gasteiger partial charge >= 0.3 is 0 Å². The first-order valence-electron chi connectivity index (χ1n) is 12.7. The summed E-state index contributed by atoms with van der Waals surface area (Å²) in [4.78, 5) is 14.6. The lowest BCUT2D eigenvalue weighted by Crippen LogP contribution is -1.93. The smallest absolute Gasteiger partial charge is 0.159 e. The molecule has 5 heteroatoms.